The standard InChI is InChI=1S/C9H19NO3/c1-3-10-6-5-9(11)13-8-7-12-4-2/h10H,3-8H2,1-2H3. The van der Waals surface area contributed by atoms with Gasteiger partial charge in [-0.2, -0.15) is 0 Å². The molecule has 0 heterocycles. The van der Waals surface area contributed by atoms with Crippen LogP contribution in [-0.4, -0.2) is 38.9 Å². The first kappa shape index (κ1) is 12.4. The first-order chi connectivity index (χ1) is 6.31. The maximum absolute atomic E-state index is 11.0. The van der Waals surface area contributed by atoms with E-state index < -0.39 is 0 Å². The third kappa shape index (κ3) is 9.30. The summed E-state index contributed by atoms with van der Waals surface area (Å²) in [7, 11) is 0. The predicted molar refractivity (Wildman–Crippen MR) is 50.6 cm³/mol. The van der Waals surface area contributed by atoms with E-state index in [0.29, 0.717) is 32.8 Å². The zero-order valence-corrected chi connectivity index (χ0v) is 8.47. The van der Waals surface area contributed by atoms with Crippen LogP contribution in [0.1, 0.15) is 20.3 Å². The minimum absolute atomic E-state index is 0.166. The summed E-state index contributed by atoms with van der Waals surface area (Å²) in [5, 5.41) is 3.05. The van der Waals surface area contributed by atoms with E-state index in [1.807, 2.05) is 13.8 Å². The van der Waals surface area contributed by atoms with Gasteiger partial charge in [0, 0.05) is 13.2 Å². The molecule has 4 nitrogen and oxygen atoms in total. The average molecular weight is 189 g/mol. The maximum atomic E-state index is 11.0. The van der Waals surface area contributed by atoms with Gasteiger partial charge in [-0.05, 0) is 13.5 Å². The molecular weight excluding hydrogens is 170 g/mol. The summed E-state index contributed by atoms with van der Waals surface area (Å²) in [5.74, 6) is -0.166. The largest absolute Gasteiger partial charge is 0.463 e. The van der Waals surface area contributed by atoms with Gasteiger partial charge < -0.3 is 14.8 Å². The molecule has 0 saturated heterocycles. The van der Waals surface area contributed by atoms with Crippen molar-refractivity contribution >= 4 is 5.97 Å². The summed E-state index contributed by atoms with van der Waals surface area (Å²) in [4.78, 5) is 11.0. The highest BCUT2D eigenvalue weighted by molar-refractivity contribution is 5.69. The van der Waals surface area contributed by atoms with Gasteiger partial charge in [-0.1, -0.05) is 6.92 Å². The highest BCUT2D eigenvalue weighted by Crippen LogP contribution is 1.85. The van der Waals surface area contributed by atoms with Crippen LogP contribution in [0.5, 0.6) is 0 Å². The van der Waals surface area contributed by atoms with E-state index in [0.717, 1.165) is 6.54 Å². The van der Waals surface area contributed by atoms with Gasteiger partial charge in [0.05, 0.1) is 13.0 Å². The average Bonchev–Trinajstić information content (AvgIpc) is 2.13. The summed E-state index contributed by atoms with van der Waals surface area (Å²) in [6.45, 7) is 6.99. The lowest BCUT2D eigenvalue weighted by atomic mass is 10.4. The molecule has 13 heavy (non-hydrogen) atoms. The van der Waals surface area contributed by atoms with Crippen LogP contribution in [0.25, 0.3) is 0 Å². The third-order valence-corrected chi connectivity index (χ3v) is 1.45. The third-order valence-electron chi connectivity index (χ3n) is 1.45. The Morgan fingerprint density at radius 2 is 2.08 bits per heavy atom. The molecule has 0 atom stereocenters. The Hall–Kier alpha value is -0.610. The normalized spacial score (nSPS) is 10.0. The van der Waals surface area contributed by atoms with Gasteiger partial charge in [0.25, 0.3) is 0 Å². The second kappa shape index (κ2) is 9.48. The monoisotopic (exact) mass is 189 g/mol. The van der Waals surface area contributed by atoms with Gasteiger partial charge in [-0.25, -0.2) is 0 Å². The van der Waals surface area contributed by atoms with Crippen molar-refractivity contribution in [2.45, 2.75) is 20.3 Å². The lowest BCUT2D eigenvalue weighted by Crippen LogP contribution is -2.19. The molecule has 0 unspecified atom stereocenters. The quantitative estimate of drug-likeness (QED) is 0.448. The minimum Gasteiger partial charge on any atom is -0.463 e. The van der Waals surface area contributed by atoms with Gasteiger partial charge in [0.2, 0.25) is 0 Å². The molecule has 4 heteroatoms. The lowest BCUT2D eigenvalue weighted by Gasteiger charge is -2.04. The van der Waals surface area contributed by atoms with E-state index in [2.05, 4.69) is 5.32 Å². The van der Waals surface area contributed by atoms with Crippen molar-refractivity contribution in [1.29, 1.82) is 0 Å². The summed E-state index contributed by atoms with van der Waals surface area (Å²) in [6, 6.07) is 0. The number of ether oxygens (including phenoxy) is 2. The van der Waals surface area contributed by atoms with Crippen molar-refractivity contribution in [1.82, 2.24) is 5.32 Å². The molecular formula is C9H19NO3. The maximum Gasteiger partial charge on any atom is 0.307 e. The highest BCUT2D eigenvalue weighted by Gasteiger charge is 2.00. The Morgan fingerprint density at radius 3 is 2.69 bits per heavy atom. The summed E-state index contributed by atoms with van der Waals surface area (Å²) in [5.41, 5.74) is 0. The van der Waals surface area contributed by atoms with E-state index in [1.165, 1.54) is 0 Å². The topological polar surface area (TPSA) is 47.6 Å². The number of hydrogen-bond acceptors (Lipinski definition) is 4. The van der Waals surface area contributed by atoms with Crippen molar-refractivity contribution in [3.05, 3.63) is 0 Å². The molecule has 0 bridgehead atoms. The Kier molecular flexibility index (Phi) is 9.03. The first-order valence-corrected chi connectivity index (χ1v) is 4.75. The smallest absolute Gasteiger partial charge is 0.307 e. The van der Waals surface area contributed by atoms with E-state index in [1.54, 1.807) is 0 Å². The molecule has 78 valence electrons. The van der Waals surface area contributed by atoms with Crippen LogP contribution in [-0.2, 0) is 14.3 Å². The SMILES string of the molecule is CCNCCC(=O)OCCOCC. The Balaban J connectivity index is 3.11. The Morgan fingerprint density at radius 1 is 1.31 bits per heavy atom. The number of carbonyl (C=O) groups excluding carboxylic acids is 1. The van der Waals surface area contributed by atoms with Crippen LogP contribution in [0, 0.1) is 0 Å². The second-order valence-electron chi connectivity index (χ2n) is 2.52. The zero-order valence-electron chi connectivity index (χ0n) is 8.47. The number of rotatable bonds is 8. The molecule has 0 rings (SSSR count). The molecule has 0 amide bonds. The molecule has 0 aliphatic heterocycles. The van der Waals surface area contributed by atoms with Gasteiger partial charge in [0.15, 0.2) is 0 Å². The number of carbonyl (C=O) groups is 1. The Labute approximate surface area is 79.6 Å². The van der Waals surface area contributed by atoms with Gasteiger partial charge in [0.1, 0.15) is 6.61 Å². The van der Waals surface area contributed by atoms with Crippen LogP contribution >= 0.6 is 0 Å². The molecule has 0 spiro atoms. The van der Waals surface area contributed by atoms with E-state index >= 15 is 0 Å². The van der Waals surface area contributed by atoms with Crippen LogP contribution in [0.3, 0.4) is 0 Å². The number of esters is 1. The fourth-order valence-corrected chi connectivity index (χ4v) is 0.798. The first-order valence-electron chi connectivity index (χ1n) is 4.75. The molecule has 1 N–H and O–H groups in total. The lowest BCUT2D eigenvalue weighted by molar-refractivity contribution is -0.145. The van der Waals surface area contributed by atoms with Gasteiger partial charge in [-0.3, -0.25) is 4.79 Å². The molecule has 0 aliphatic carbocycles. The minimum atomic E-state index is -0.166. The molecule has 0 aromatic heterocycles. The fourth-order valence-electron chi connectivity index (χ4n) is 0.798. The van der Waals surface area contributed by atoms with Crippen LogP contribution in [0.2, 0.25) is 0 Å². The second-order valence-corrected chi connectivity index (χ2v) is 2.52. The molecule has 0 saturated carbocycles. The molecule has 0 radical (unpaired) electrons. The molecule has 0 fully saturated rings. The molecule has 0 aromatic rings. The van der Waals surface area contributed by atoms with Crippen LogP contribution in [0.4, 0.5) is 0 Å². The van der Waals surface area contributed by atoms with Crippen LogP contribution in [0.15, 0.2) is 0 Å². The zero-order chi connectivity index (χ0) is 9.94. The van der Waals surface area contributed by atoms with Crippen molar-refractivity contribution in [3.63, 3.8) is 0 Å². The summed E-state index contributed by atoms with van der Waals surface area (Å²) in [6.07, 6.45) is 0.431. The summed E-state index contributed by atoms with van der Waals surface area (Å²) >= 11 is 0. The Bertz CT molecular complexity index is 128. The highest BCUT2D eigenvalue weighted by atomic mass is 16.6. The van der Waals surface area contributed by atoms with Gasteiger partial charge in [-0.15, -0.1) is 0 Å². The molecule has 0 aliphatic rings. The van der Waals surface area contributed by atoms with Crippen LogP contribution < -0.4 is 5.32 Å². The van der Waals surface area contributed by atoms with Gasteiger partial charge >= 0.3 is 5.97 Å². The van der Waals surface area contributed by atoms with E-state index in [-0.39, 0.29) is 5.97 Å². The van der Waals surface area contributed by atoms with Crippen molar-refractivity contribution in [3.8, 4) is 0 Å². The van der Waals surface area contributed by atoms with Crippen molar-refractivity contribution < 1.29 is 14.3 Å². The number of hydrogen-bond donors (Lipinski definition) is 1. The predicted octanol–water partition coefficient (Wildman–Crippen LogP) is 0.566. The van der Waals surface area contributed by atoms with E-state index in [4.69, 9.17) is 9.47 Å². The van der Waals surface area contributed by atoms with E-state index in [9.17, 15) is 4.79 Å². The summed E-state index contributed by atoms with van der Waals surface area (Å²) < 4.78 is 9.90. The van der Waals surface area contributed by atoms with Crippen molar-refractivity contribution in [2.75, 3.05) is 32.9 Å². The molecule has 0 aromatic carbocycles. The van der Waals surface area contributed by atoms with Crippen molar-refractivity contribution in [2.24, 2.45) is 0 Å². The number of nitrogens with one attached hydrogen (secondary N) is 1. The fraction of sp³-hybridized carbons (Fsp3) is 0.889.